The molecule has 146 valence electrons. The van der Waals surface area contributed by atoms with Gasteiger partial charge in [-0.25, -0.2) is 9.59 Å². The zero-order valence-electron chi connectivity index (χ0n) is 14.4. The Balaban J connectivity index is 0.00000153. The van der Waals surface area contributed by atoms with Crippen molar-refractivity contribution in [1.29, 1.82) is 0 Å². The maximum atomic E-state index is 11.2. The van der Waals surface area contributed by atoms with Gasteiger partial charge < -0.3 is 29.9 Å². The van der Waals surface area contributed by atoms with E-state index in [-0.39, 0.29) is 6.42 Å². The van der Waals surface area contributed by atoms with Gasteiger partial charge in [-0.3, -0.25) is 4.79 Å². The van der Waals surface area contributed by atoms with Crippen molar-refractivity contribution in [3.8, 4) is 36.0 Å². The quantitative estimate of drug-likeness (QED) is 0.279. The van der Waals surface area contributed by atoms with Gasteiger partial charge in [0.1, 0.15) is 6.10 Å². The first kappa shape index (κ1) is 23.6. The van der Waals surface area contributed by atoms with Gasteiger partial charge in [-0.05, 0) is 42.9 Å². The van der Waals surface area contributed by atoms with E-state index in [9.17, 15) is 14.7 Å². The summed E-state index contributed by atoms with van der Waals surface area (Å²) in [5, 5.41) is 32.4. The zero-order chi connectivity index (χ0) is 20.7. The normalized spacial score (nSPS) is 17.9. The van der Waals surface area contributed by atoms with Crippen molar-refractivity contribution in [2.45, 2.75) is 56.8 Å². The van der Waals surface area contributed by atoms with Crippen LogP contribution in [0.1, 0.15) is 38.5 Å². The number of hydrogen-bond donors (Lipinski definition) is 4. The van der Waals surface area contributed by atoms with E-state index in [4.69, 9.17) is 36.0 Å². The predicted octanol–water partition coefficient (Wildman–Crippen LogP) is 1.54. The van der Waals surface area contributed by atoms with Crippen molar-refractivity contribution in [1.82, 2.24) is 0 Å². The second-order valence-electron chi connectivity index (χ2n) is 5.23. The number of terminal acetylenes is 1. The second-order valence-corrected chi connectivity index (χ2v) is 5.23. The van der Waals surface area contributed by atoms with Gasteiger partial charge >= 0.3 is 18.3 Å². The standard InChI is InChI=1S/C17H18O6.CH2O3/c1-2-3-4-7-10-13(18)16-14(22-17(21)23-16)11-8-5-6-9-12-15(19)20;2-1(3)4/h1,13-14,16,18H,5-6,8-9,11-12H2,(H,19,20);(H2,2,3,4). The monoisotopic (exact) mass is 380 g/mol. The molecule has 1 aliphatic heterocycles. The highest BCUT2D eigenvalue weighted by atomic mass is 16.8. The number of cyclic esters (lactones) is 2. The number of hydrogen-bond acceptors (Lipinski definition) is 6. The minimum atomic E-state index is -1.83. The van der Waals surface area contributed by atoms with Crippen molar-refractivity contribution in [3.05, 3.63) is 0 Å². The Kier molecular flexibility index (Phi) is 12.2. The number of carbonyl (C=O) groups excluding carboxylic acids is 1. The third-order valence-electron chi connectivity index (χ3n) is 3.20. The van der Waals surface area contributed by atoms with Crippen LogP contribution in [0.15, 0.2) is 0 Å². The molecule has 27 heavy (non-hydrogen) atoms. The summed E-state index contributed by atoms with van der Waals surface area (Å²) in [6, 6.07) is 0. The highest BCUT2D eigenvalue weighted by molar-refractivity contribution is 5.66. The fourth-order valence-electron chi connectivity index (χ4n) is 2.13. The number of carbonyl (C=O) groups is 3. The van der Waals surface area contributed by atoms with Crippen LogP contribution in [-0.4, -0.2) is 57.0 Å². The van der Waals surface area contributed by atoms with Gasteiger partial charge in [-0.15, -0.1) is 6.42 Å². The first-order valence-electron chi connectivity index (χ1n) is 7.93. The molecule has 0 amide bonds. The highest BCUT2D eigenvalue weighted by Gasteiger charge is 2.40. The van der Waals surface area contributed by atoms with E-state index in [0.717, 1.165) is 19.3 Å². The van der Waals surface area contributed by atoms with Gasteiger partial charge in [0, 0.05) is 6.42 Å². The lowest BCUT2D eigenvalue weighted by molar-refractivity contribution is -0.137. The molecule has 0 spiro atoms. The molecule has 0 aliphatic carbocycles. The molecule has 0 bridgehead atoms. The number of carboxylic acid groups (broad SMARTS) is 3. The molecule has 3 unspecified atom stereocenters. The van der Waals surface area contributed by atoms with Crippen molar-refractivity contribution < 1.29 is 44.3 Å². The Morgan fingerprint density at radius 2 is 1.67 bits per heavy atom. The smallest absolute Gasteiger partial charge is 0.481 e. The molecule has 0 aromatic heterocycles. The van der Waals surface area contributed by atoms with Crippen LogP contribution in [-0.2, 0) is 14.3 Å². The van der Waals surface area contributed by atoms with E-state index in [1.807, 2.05) is 0 Å². The van der Waals surface area contributed by atoms with E-state index >= 15 is 0 Å². The summed E-state index contributed by atoms with van der Waals surface area (Å²) in [6.45, 7) is 0. The molecular weight excluding hydrogens is 360 g/mol. The minimum Gasteiger partial charge on any atom is -0.481 e. The molecule has 0 aromatic carbocycles. The van der Waals surface area contributed by atoms with Crippen LogP contribution >= 0.6 is 0 Å². The Bertz CT molecular complexity index is 665. The Morgan fingerprint density at radius 1 is 1.04 bits per heavy atom. The minimum absolute atomic E-state index is 0.150. The molecule has 0 radical (unpaired) electrons. The van der Waals surface area contributed by atoms with Crippen LogP contribution in [0.5, 0.6) is 0 Å². The molecule has 9 nitrogen and oxygen atoms in total. The average molecular weight is 380 g/mol. The second kappa shape index (κ2) is 13.9. The average Bonchev–Trinajstić information content (AvgIpc) is 2.94. The molecule has 1 heterocycles. The zero-order valence-corrected chi connectivity index (χ0v) is 14.4. The summed E-state index contributed by atoms with van der Waals surface area (Å²) in [5.74, 6) is 10.8. The molecule has 1 saturated heterocycles. The fraction of sp³-hybridized carbons (Fsp3) is 0.500. The van der Waals surface area contributed by atoms with Crippen molar-refractivity contribution in [2.75, 3.05) is 0 Å². The number of ether oxygens (including phenoxy) is 2. The summed E-state index contributed by atoms with van der Waals surface area (Å²) >= 11 is 0. The molecule has 0 saturated carbocycles. The third kappa shape index (κ3) is 12.6. The van der Waals surface area contributed by atoms with Gasteiger partial charge in [-0.1, -0.05) is 18.8 Å². The number of unbranched alkanes of at least 4 members (excludes halogenated alkanes) is 3. The van der Waals surface area contributed by atoms with Crippen LogP contribution in [0.25, 0.3) is 0 Å². The van der Waals surface area contributed by atoms with Crippen LogP contribution in [0, 0.1) is 36.0 Å². The third-order valence-corrected chi connectivity index (χ3v) is 3.20. The van der Waals surface area contributed by atoms with E-state index in [0.29, 0.717) is 12.8 Å². The van der Waals surface area contributed by atoms with Gasteiger partial charge in [0.15, 0.2) is 12.2 Å². The van der Waals surface area contributed by atoms with Gasteiger partial charge in [-0.2, -0.15) is 0 Å². The summed E-state index contributed by atoms with van der Waals surface area (Å²) in [4.78, 5) is 30.2. The Hall–Kier alpha value is -3.35. The van der Waals surface area contributed by atoms with Crippen LogP contribution < -0.4 is 0 Å². The van der Waals surface area contributed by atoms with Crippen LogP contribution in [0.2, 0.25) is 0 Å². The lowest BCUT2D eigenvalue weighted by Gasteiger charge is -2.16. The SMILES string of the molecule is C#CC#CC#CC(O)C1OC(=O)OC1CCCCCCC(=O)O.O=C(O)O. The van der Waals surface area contributed by atoms with Crippen molar-refractivity contribution >= 4 is 18.3 Å². The number of carboxylic acids is 1. The topological polar surface area (TPSA) is 151 Å². The number of aliphatic hydroxyl groups is 1. The number of aliphatic hydroxyl groups excluding tert-OH is 1. The molecule has 0 aromatic rings. The van der Waals surface area contributed by atoms with Crippen LogP contribution in [0.4, 0.5) is 9.59 Å². The van der Waals surface area contributed by atoms with Crippen LogP contribution in [0.3, 0.4) is 0 Å². The largest absolute Gasteiger partial charge is 0.509 e. The fourth-order valence-corrected chi connectivity index (χ4v) is 2.13. The first-order chi connectivity index (χ1) is 12.8. The predicted molar refractivity (Wildman–Crippen MR) is 91.5 cm³/mol. The first-order valence-corrected chi connectivity index (χ1v) is 7.93. The Morgan fingerprint density at radius 3 is 2.26 bits per heavy atom. The molecular formula is C18H20O9. The van der Waals surface area contributed by atoms with Crippen molar-refractivity contribution in [3.63, 3.8) is 0 Å². The molecule has 1 aliphatic rings. The van der Waals surface area contributed by atoms with Gasteiger partial charge in [0.2, 0.25) is 0 Å². The van der Waals surface area contributed by atoms with E-state index in [2.05, 4.69) is 29.6 Å². The Labute approximate surface area is 156 Å². The number of rotatable bonds is 8. The maximum absolute atomic E-state index is 11.2. The molecule has 9 heteroatoms. The highest BCUT2D eigenvalue weighted by Crippen LogP contribution is 2.23. The molecule has 3 atom stereocenters. The molecule has 4 N–H and O–H groups in total. The maximum Gasteiger partial charge on any atom is 0.509 e. The van der Waals surface area contributed by atoms with E-state index < -0.39 is 36.6 Å². The lowest BCUT2D eigenvalue weighted by Crippen LogP contribution is -2.34. The summed E-state index contributed by atoms with van der Waals surface area (Å²) in [6.07, 6.45) is 3.23. The van der Waals surface area contributed by atoms with E-state index in [1.54, 1.807) is 0 Å². The number of aliphatic carboxylic acids is 1. The summed E-state index contributed by atoms with van der Waals surface area (Å²) < 4.78 is 9.94. The van der Waals surface area contributed by atoms with E-state index in [1.165, 1.54) is 0 Å². The summed E-state index contributed by atoms with van der Waals surface area (Å²) in [5.41, 5.74) is 0. The van der Waals surface area contributed by atoms with Gasteiger partial charge in [0.25, 0.3) is 0 Å². The van der Waals surface area contributed by atoms with Crippen molar-refractivity contribution in [2.24, 2.45) is 0 Å². The van der Waals surface area contributed by atoms with Gasteiger partial charge in [0.05, 0.1) is 0 Å². The molecule has 1 rings (SSSR count). The molecule has 1 fully saturated rings. The summed E-state index contributed by atoms with van der Waals surface area (Å²) in [7, 11) is 0. The lowest BCUT2D eigenvalue weighted by atomic mass is 10.0.